The van der Waals surface area contributed by atoms with Gasteiger partial charge in [-0.2, -0.15) is 5.26 Å². The Morgan fingerprint density at radius 3 is 2.52 bits per heavy atom. The number of halogens is 1. The molecule has 2 amide bonds. The Labute approximate surface area is 168 Å². The van der Waals surface area contributed by atoms with Crippen LogP contribution in [-0.2, 0) is 13.0 Å². The molecular weight excluding hydrogens is 373 g/mol. The lowest BCUT2D eigenvalue weighted by molar-refractivity contribution is 0.0847. The molecule has 0 saturated heterocycles. The minimum absolute atomic E-state index is 0.0568. The molecule has 1 heterocycles. The first-order valence-corrected chi connectivity index (χ1v) is 9.23. The zero-order valence-electron chi connectivity index (χ0n) is 16.5. The van der Waals surface area contributed by atoms with E-state index in [9.17, 15) is 24.3 Å². The Bertz CT molecular complexity index is 1020. The van der Waals surface area contributed by atoms with Gasteiger partial charge in [0.2, 0.25) is 0 Å². The molecule has 1 aliphatic heterocycles. The van der Waals surface area contributed by atoms with Gasteiger partial charge in [0.25, 0.3) is 5.91 Å². The van der Waals surface area contributed by atoms with Crippen molar-refractivity contribution >= 4 is 12.0 Å². The van der Waals surface area contributed by atoms with Gasteiger partial charge in [0, 0.05) is 24.1 Å². The van der Waals surface area contributed by atoms with Gasteiger partial charge < -0.3 is 10.4 Å². The summed E-state index contributed by atoms with van der Waals surface area (Å²) >= 11 is 0. The number of nitriles is 1. The average molecular weight is 395 g/mol. The molecule has 2 aromatic rings. The first kappa shape index (κ1) is 20.3. The van der Waals surface area contributed by atoms with E-state index in [4.69, 9.17) is 0 Å². The second kappa shape index (κ2) is 7.55. The number of benzene rings is 2. The number of carbonyl (C=O) groups excluding carboxylic acids is 1. The summed E-state index contributed by atoms with van der Waals surface area (Å²) < 4.78 is 14.8. The number of hydrogen-bond acceptors (Lipinski definition) is 3. The van der Waals surface area contributed by atoms with Crippen molar-refractivity contribution in [3.8, 4) is 17.2 Å². The van der Waals surface area contributed by atoms with Crippen molar-refractivity contribution in [2.75, 3.05) is 0 Å². The van der Waals surface area contributed by atoms with Crippen LogP contribution in [-0.4, -0.2) is 33.6 Å². The van der Waals surface area contributed by atoms with E-state index in [-0.39, 0.29) is 17.9 Å². The van der Waals surface area contributed by atoms with Crippen LogP contribution in [0.3, 0.4) is 0 Å². The molecule has 0 aromatic heterocycles. The molecule has 1 aliphatic rings. The molecule has 29 heavy (non-hydrogen) atoms. The number of fused-ring (bicyclic) bond motifs is 1. The van der Waals surface area contributed by atoms with E-state index in [2.05, 4.69) is 5.32 Å². The lowest BCUT2D eigenvalue weighted by atomic mass is 9.96. The summed E-state index contributed by atoms with van der Waals surface area (Å²) in [6.45, 7) is 5.56. The largest absolute Gasteiger partial charge is 0.465 e. The average Bonchev–Trinajstić information content (AvgIpc) is 3.01. The fraction of sp³-hybridized carbons (Fsp3) is 0.318. The van der Waals surface area contributed by atoms with Gasteiger partial charge in [0.15, 0.2) is 0 Å². The number of amides is 2. The van der Waals surface area contributed by atoms with Crippen molar-refractivity contribution in [2.24, 2.45) is 0 Å². The van der Waals surface area contributed by atoms with Crippen molar-refractivity contribution in [2.45, 2.75) is 45.3 Å². The van der Waals surface area contributed by atoms with Gasteiger partial charge in [-0.25, -0.2) is 9.18 Å². The van der Waals surface area contributed by atoms with Crippen molar-refractivity contribution in [3.05, 3.63) is 58.9 Å². The normalized spacial score (nSPS) is 14.0. The monoisotopic (exact) mass is 395 g/mol. The highest BCUT2D eigenvalue weighted by molar-refractivity contribution is 5.99. The van der Waals surface area contributed by atoms with E-state index in [0.29, 0.717) is 23.2 Å². The van der Waals surface area contributed by atoms with Crippen molar-refractivity contribution in [1.29, 1.82) is 5.26 Å². The molecule has 0 spiro atoms. The Kier molecular flexibility index (Phi) is 5.29. The quantitative estimate of drug-likeness (QED) is 0.820. The predicted octanol–water partition coefficient (Wildman–Crippen LogP) is 3.95. The number of hydrogen-bond donors (Lipinski definition) is 2. The van der Waals surface area contributed by atoms with E-state index >= 15 is 0 Å². The lowest BCUT2D eigenvalue weighted by Gasteiger charge is -2.36. The summed E-state index contributed by atoms with van der Waals surface area (Å²) in [6, 6.07) is 11.0. The third-order valence-corrected chi connectivity index (χ3v) is 4.98. The van der Waals surface area contributed by atoms with Gasteiger partial charge in [-0.3, -0.25) is 9.69 Å². The van der Waals surface area contributed by atoms with Gasteiger partial charge in [-0.15, -0.1) is 0 Å². The molecule has 1 unspecified atom stereocenters. The zero-order chi connectivity index (χ0) is 21.3. The van der Waals surface area contributed by atoms with Crippen molar-refractivity contribution in [1.82, 2.24) is 10.2 Å². The molecule has 1 atom stereocenters. The number of carbonyl (C=O) groups is 2. The highest BCUT2D eigenvalue weighted by atomic mass is 19.1. The number of nitrogens with zero attached hydrogens (tertiary/aromatic N) is 2. The molecule has 0 aliphatic carbocycles. The van der Waals surface area contributed by atoms with Gasteiger partial charge in [-0.05, 0) is 55.2 Å². The SMILES string of the molecule is CC(C)(C)N(C(=O)O)C(C#N)Cc1ccc(-c2ccc3c(c2)C(=O)NC3)cc1F. The van der Waals surface area contributed by atoms with E-state index in [1.807, 2.05) is 18.2 Å². The van der Waals surface area contributed by atoms with E-state index in [1.54, 1.807) is 39.0 Å². The molecule has 150 valence electrons. The molecule has 3 rings (SSSR count). The summed E-state index contributed by atoms with van der Waals surface area (Å²) in [5, 5.41) is 21.7. The summed E-state index contributed by atoms with van der Waals surface area (Å²) in [4.78, 5) is 24.5. The molecule has 0 saturated carbocycles. The second-order valence-electron chi connectivity index (χ2n) is 8.03. The molecule has 6 nitrogen and oxygen atoms in total. The molecular formula is C22H22FN3O3. The molecule has 7 heteroatoms. The fourth-order valence-corrected chi connectivity index (χ4v) is 3.58. The number of nitrogens with one attached hydrogen (secondary N) is 1. The zero-order valence-corrected chi connectivity index (χ0v) is 16.5. The van der Waals surface area contributed by atoms with Crippen LogP contribution in [0.1, 0.15) is 42.3 Å². The molecule has 0 radical (unpaired) electrons. The van der Waals surface area contributed by atoms with Gasteiger partial charge >= 0.3 is 6.09 Å². The lowest BCUT2D eigenvalue weighted by Crippen LogP contribution is -2.51. The summed E-state index contributed by atoms with van der Waals surface area (Å²) in [5.74, 6) is -0.668. The molecule has 0 bridgehead atoms. The smallest absolute Gasteiger partial charge is 0.408 e. The fourth-order valence-electron chi connectivity index (χ4n) is 3.58. The minimum atomic E-state index is -1.22. The third-order valence-electron chi connectivity index (χ3n) is 4.98. The molecule has 2 aromatic carbocycles. The maximum Gasteiger partial charge on any atom is 0.408 e. The van der Waals surface area contributed by atoms with Gasteiger partial charge in [0.05, 0.1) is 6.07 Å². The molecule has 2 N–H and O–H groups in total. The Balaban J connectivity index is 1.88. The van der Waals surface area contributed by atoms with Crippen LogP contribution >= 0.6 is 0 Å². The van der Waals surface area contributed by atoms with Crippen LogP contribution in [0.5, 0.6) is 0 Å². The first-order chi connectivity index (χ1) is 13.6. The topological polar surface area (TPSA) is 93.4 Å². The maximum atomic E-state index is 14.8. The Morgan fingerprint density at radius 2 is 1.93 bits per heavy atom. The summed E-state index contributed by atoms with van der Waals surface area (Å²) in [6.07, 6.45) is -1.28. The van der Waals surface area contributed by atoms with Gasteiger partial charge in [0.1, 0.15) is 11.9 Å². The van der Waals surface area contributed by atoms with Crippen LogP contribution in [0, 0.1) is 17.1 Å². The van der Waals surface area contributed by atoms with Crippen LogP contribution in [0.4, 0.5) is 9.18 Å². The second-order valence-corrected chi connectivity index (χ2v) is 8.03. The highest BCUT2D eigenvalue weighted by Crippen LogP contribution is 2.28. The minimum Gasteiger partial charge on any atom is -0.465 e. The maximum absolute atomic E-state index is 14.8. The third kappa shape index (κ3) is 4.06. The predicted molar refractivity (Wildman–Crippen MR) is 106 cm³/mol. The molecule has 0 fully saturated rings. The Morgan fingerprint density at radius 1 is 1.28 bits per heavy atom. The standard InChI is InChI=1S/C22H22FN3O3/c1-22(2,3)26(21(28)29)17(11-24)8-15-6-4-14(10-19(15)23)13-5-7-16-12-25-20(27)18(16)9-13/h4-7,9-10,17H,8,12H2,1-3H3,(H,25,27)(H,28,29). The van der Waals surface area contributed by atoms with E-state index < -0.39 is 23.5 Å². The van der Waals surface area contributed by atoms with Crippen molar-refractivity contribution < 1.29 is 19.1 Å². The van der Waals surface area contributed by atoms with Crippen molar-refractivity contribution in [3.63, 3.8) is 0 Å². The summed E-state index contributed by atoms with van der Waals surface area (Å²) in [7, 11) is 0. The van der Waals surface area contributed by atoms with Crippen LogP contribution in [0.15, 0.2) is 36.4 Å². The van der Waals surface area contributed by atoms with E-state index in [0.717, 1.165) is 10.5 Å². The number of rotatable bonds is 4. The Hall–Kier alpha value is -3.40. The van der Waals surface area contributed by atoms with Crippen LogP contribution in [0.2, 0.25) is 0 Å². The van der Waals surface area contributed by atoms with Crippen LogP contribution in [0.25, 0.3) is 11.1 Å². The number of carboxylic acid groups (broad SMARTS) is 1. The van der Waals surface area contributed by atoms with E-state index in [1.165, 1.54) is 6.07 Å². The highest BCUT2D eigenvalue weighted by Gasteiger charge is 2.33. The van der Waals surface area contributed by atoms with Crippen LogP contribution < -0.4 is 5.32 Å². The summed E-state index contributed by atoms with van der Waals surface area (Å²) in [5.41, 5.74) is 2.27. The first-order valence-electron chi connectivity index (χ1n) is 9.23. The van der Waals surface area contributed by atoms with Gasteiger partial charge in [-0.1, -0.05) is 24.3 Å².